The highest BCUT2D eigenvalue weighted by Gasteiger charge is 2.32. The second kappa shape index (κ2) is 11.8. The molecule has 1 aromatic rings. The van der Waals surface area contributed by atoms with Crippen LogP contribution in [0.25, 0.3) is 5.57 Å². The SMILES string of the molecule is C=C(CN1CCCCC1)c1ccc2c(c1)CCCC2NC(=O)CC1CCCCN1C(=O)OC(C)(C)C. The van der Waals surface area contributed by atoms with Gasteiger partial charge in [0.2, 0.25) is 5.91 Å². The number of ether oxygens (including phenoxy) is 1. The molecule has 0 aromatic heterocycles. The molecule has 1 aromatic carbocycles. The van der Waals surface area contributed by atoms with Crippen molar-refractivity contribution in [1.29, 1.82) is 0 Å². The van der Waals surface area contributed by atoms with Gasteiger partial charge in [-0.25, -0.2) is 4.79 Å². The number of hydrogen-bond donors (Lipinski definition) is 1. The van der Waals surface area contributed by atoms with Crippen LogP contribution >= 0.6 is 0 Å². The van der Waals surface area contributed by atoms with Crippen molar-refractivity contribution in [3.05, 3.63) is 41.5 Å². The lowest BCUT2D eigenvalue weighted by atomic mass is 9.85. The molecule has 36 heavy (non-hydrogen) atoms. The van der Waals surface area contributed by atoms with Crippen molar-refractivity contribution in [2.75, 3.05) is 26.2 Å². The molecular weight excluding hydrogens is 450 g/mol. The molecule has 0 saturated carbocycles. The van der Waals surface area contributed by atoms with Crippen molar-refractivity contribution < 1.29 is 14.3 Å². The minimum absolute atomic E-state index is 0.0203. The van der Waals surface area contributed by atoms with Gasteiger partial charge >= 0.3 is 6.09 Å². The molecule has 2 atom stereocenters. The molecule has 4 rings (SSSR count). The summed E-state index contributed by atoms with van der Waals surface area (Å²) in [6.45, 7) is 14.0. The van der Waals surface area contributed by atoms with Gasteiger partial charge in [0.25, 0.3) is 0 Å². The van der Waals surface area contributed by atoms with E-state index in [0.717, 1.165) is 45.1 Å². The van der Waals surface area contributed by atoms with Gasteiger partial charge in [0, 0.05) is 25.6 Å². The predicted molar refractivity (Wildman–Crippen MR) is 145 cm³/mol. The monoisotopic (exact) mass is 495 g/mol. The van der Waals surface area contributed by atoms with Crippen LogP contribution < -0.4 is 5.32 Å². The molecule has 2 fully saturated rings. The van der Waals surface area contributed by atoms with Crippen molar-refractivity contribution in [1.82, 2.24) is 15.1 Å². The van der Waals surface area contributed by atoms with Crippen LogP contribution in [0.5, 0.6) is 0 Å². The summed E-state index contributed by atoms with van der Waals surface area (Å²) in [4.78, 5) is 30.1. The summed E-state index contributed by atoms with van der Waals surface area (Å²) in [5, 5.41) is 3.30. The van der Waals surface area contributed by atoms with Crippen molar-refractivity contribution in [2.45, 2.75) is 103 Å². The van der Waals surface area contributed by atoms with Crippen LogP contribution in [0.3, 0.4) is 0 Å². The summed E-state index contributed by atoms with van der Waals surface area (Å²) in [5.41, 5.74) is 4.44. The number of amides is 2. The normalized spacial score (nSPS) is 23.0. The Hall–Kier alpha value is -2.34. The first-order valence-corrected chi connectivity index (χ1v) is 14.0. The fourth-order valence-corrected chi connectivity index (χ4v) is 5.90. The molecule has 2 heterocycles. The van der Waals surface area contributed by atoms with E-state index in [2.05, 4.69) is 35.0 Å². The molecular formula is C30H45N3O3. The molecule has 1 N–H and O–H groups in total. The van der Waals surface area contributed by atoms with Crippen molar-refractivity contribution in [2.24, 2.45) is 0 Å². The Labute approximate surface area is 217 Å². The molecule has 0 spiro atoms. The minimum atomic E-state index is -0.537. The number of likely N-dealkylation sites (tertiary alicyclic amines) is 2. The molecule has 3 aliphatic rings. The van der Waals surface area contributed by atoms with E-state index < -0.39 is 5.60 Å². The summed E-state index contributed by atoms with van der Waals surface area (Å²) in [7, 11) is 0. The van der Waals surface area contributed by atoms with E-state index in [-0.39, 0.29) is 24.1 Å². The average molecular weight is 496 g/mol. The molecule has 2 amide bonds. The maximum Gasteiger partial charge on any atom is 0.410 e. The Morgan fingerprint density at radius 2 is 1.78 bits per heavy atom. The van der Waals surface area contributed by atoms with Gasteiger partial charge in [-0.2, -0.15) is 0 Å². The molecule has 198 valence electrons. The van der Waals surface area contributed by atoms with Gasteiger partial charge in [0.05, 0.1) is 6.04 Å². The molecule has 1 aliphatic carbocycles. The largest absolute Gasteiger partial charge is 0.444 e. The third-order valence-corrected chi connectivity index (χ3v) is 7.74. The van der Waals surface area contributed by atoms with E-state index in [1.165, 1.54) is 54.6 Å². The molecule has 6 nitrogen and oxygen atoms in total. The topological polar surface area (TPSA) is 61.9 Å². The van der Waals surface area contributed by atoms with Crippen molar-refractivity contribution in [3.63, 3.8) is 0 Å². The van der Waals surface area contributed by atoms with Gasteiger partial charge in [-0.3, -0.25) is 9.69 Å². The Morgan fingerprint density at radius 1 is 1.03 bits per heavy atom. The first kappa shape index (κ1) is 26.7. The van der Waals surface area contributed by atoms with Crippen LogP contribution in [-0.4, -0.2) is 59.6 Å². The highest BCUT2D eigenvalue weighted by Crippen LogP contribution is 2.32. The summed E-state index contributed by atoms with van der Waals surface area (Å²) in [6, 6.07) is 6.61. The number of rotatable bonds is 6. The quantitative estimate of drug-likeness (QED) is 0.537. The number of fused-ring (bicyclic) bond motifs is 1. The lowest BCUT2D eigenvalue weighted by molar-refractivity contribution is -0.123. The van der Waals surface area contributed by atoms with Gasteiger partial charge in [0.1, 0.15) is 5.60 Å². The third-order valence-electron chi connectivity index (χ3n) is 7.74. The van der Waals surface area contributed by atoms with Gasteiger partial charge in [-0.1, -0.05) is 31.2 Å². The smallest absolute Gasteiger partial charge is 0.410 e. The minimum Gasteiger partial charge on any atom is -0.444 e. The van der Waals surface area contributed by atoms with E-state index in [1.807, 2.05) is 20.8 Å². The number of benzene rings is 1. The van der Waals surface area contributed by atoms with E-state index in [0.29, 0.717) is 13.0 Å². The Balaban J connectivity index is 1.37. The number of piperidine rings is 2. The third kappa shape index (κ3) is 7.12. The van der Waals surface area contributed by atoms with Crippen LogP contribution in [0.15, 0.2) is 24.8 Å². The summed E-state index contributed by atoms with van der Waals surface area (Å²) in [5.74, 6) is 0.0203. The average Bonchev–Trinajstić information content (AvgIpc) is 2.83. The number of nitrogens with one attached hydrogen (secondary N) is 1. The van der Waals surface area contributed by atoms with Crippen LogP contribution in [0.2, 0.25) is 0 Å². The molecule has 2 saturated heterocycles. The van der Waals surface area contributed by atoms with Gasteiger partial charge in [-0.15, -0.1) is 0 Å². The van der Waals surface area contributed by atoms with Gasteiger partial charge < -0.3 is 15.0 Å². The summed E-state index contributed by atoms with van der Waals surface area (Å²) in [6.07, 6.45) is 9.83. The second-order valence-electron chi connectivity index (χ2n) is 11.9. The van der Waals surface area contributed by atoms with Gasteiger partial charge in [-0.05, 0) is 107 Å². The number of carbonyl (C=O) groups is 2. The summed E-state index contributed by atoms with van der Waals surface area (Å²) < 4.78 is 5.61. The zero-order valence-electron chi connectivity index (χ0n) is 22.6. The predicted octanol–water partition coefficient (Wildman–Crippen LogP) is 5.86. The zero-order chi connectivity index (χ0) is 25.7. The zero-order valence-corrected chi connectivity index (χ0v) is 22.6. The van der Waals surface area contributed by atoms with Crippen LogP contribution in [0.1, 0.15) is 101 Å². The fourth-order valence-electron chi connectivity index (χ4n) is 5.90. The first-order valence-electron chi connectivity index (χ1n) is 14.0. The van der Waals surface area contributed by atoms with E-state index in [1.54, 1.807) is 4.90 Å². The molecule has 0 radical (unpaired) electrons. The lowest BCUT2D eigenvalue weighted by Gasteiger charge is -2.37. The Kier molecular flexibility index (Phi) is 8.76. The Bertz CT molecular complexity index is 945. The standard InChI is InChI=1S/C30H45N3O3/c1-22(21-32-16-7-5-8-17-32)23-14-15-26-24(19-23)11-10-13-27(26)31-28(34)20-25-12-6-9-18-33(25)29(35)36-30(2,3)4/h14-15,19,25,27H,1,5-13,16-18,20-21H2,2-4H3,(H,31,34). The summed E-state index contributed by atoms with van der Waals surface area (Å²) >= 11 is 0. The number of nitrogens with zero attached hydrogens (tertiary/aromatic N) is 2. The van der Waals surface area contributed by atoms with Crippen molar-refractivity contribution >= 4 is 17.6 Å². The maximum absolute atomic E-state index is 13.1. The second-order valence-corrected chi connectivity index (χ2v) is 11.9. The molecule has 2 unspecified atom stereocenters. The molecule has 2 aliphatic heterocycles. The molecule has 0 bridgehead atoms. The van der Waals surface area contributed by atoms with E-state index in [4.69, 9.17) is 4.74 Å². The van der Waals surface area contributed by atoms with Crippen LogP contribution in [0, 0.1) is 0 Å². The van der Waals surface area contributed by atoms with E-state index in [9.17, 15) is 9.59 Å². The van der Waals surface area contributed by atoms with Crippen molar-refractivity contribution in [3.8, 4) is 0 Å². The maximum atomic E-state index is 13.1. The number of carbonyl (C=O) groups excluding carboxylic acids is 2. The number of aryl methyl sites for hydroxylation is 1. The highest BCUT2D eigenvalue weighted by atomic mass is 16.6. The van der Waals surface area contributed by atoms with Gasteiger partial charge in [0.15, 0.2) is 0 Å². The number of hydrogen-bond acceptors (Lipinski definition) is 4. The lowest BCUT2D eigenvalue weighted by Crippen LogP contribution is -2.48. The van der Waals surface area contributed by atoms with Crippen LogP contribution in [0.4, 0.5) is 4.79 Å². The first-order chi connectivity index (χ1) is 17.2. The molecule has 6 heteroatoms. The van der Waals surface area contributed by atoms with E-state index >= 15 is 0 Å². The highest BCUT2D eigenvalue weighted by molar-refractivity contribution is 5.78. The fraction of sp³-hybridized carbons (Fsp3) is 0.667. The Morgan fingerprint density at radius 3 is 2.53 bits per heavy atom. The van der Waals surface area contributed by atoms with Crippen LogP contribution in [-0.2, 0) is 16.0 Å².